The summed E-state index contributed by atoms with van der Waals surface area (Å²) in [5, 5.41) is 0.134. The van der Waals surface area contributed by atoms with E-state index in [1.807, 2.05) is 20.8 Å². The fourth-order valence-corrected chi connectivity index (χ4v) is 3.18. The number of aromatic nitrogens is 2. The molecule has 0 aromatic carbocycles. The summed E-state index contributed by atoms with van der Waals surface area (Å²) in [5.41, 5.74) is 5.40. The summed E-state index contributed by atoms with van der Waals surface area (Å²) in [4.78, 5) is 6.69. The highest BCUT2D eigenvalue weighted by molar-refractivity contribution is 7.89. The summed E-state index contributed by atoms with van der Waals surface area (Å²) in [6, 6.07) is 0. The summed E-state index contributed by atoms with van der Waals surface area (Å²) in [6.07, 6.45) is 1.35. The second-order valence-electron chi connectivity index (χ2n) is 5.13. The molecule has 1 rings (SSSR count). The second kappa shape index (κ2) is 5.38. The Balaban J connectivity index is 3.01. The Morgan fingerprint density at radius 2 is 2.11 bits per heavy atom. The van der Waals surface area contributed by atoms with E-state index in [-0.39, 0.29) is 10.4 Å². The number of hydrogen-bond donors (Lipinski definition) is 2. The Bertz CT molecular complexity index is 493. The van der Waals surface area contributed by atoms with Crippen molar-refractivity contribution in [3.8, 4) is 0 Å². The van der Waals surface area contributed by atoms with E-state index in [9.17, 15) is 8.42 Å². The second-order valence-corrected chi connectivity index (χ2v) is 7.04. The first-order valence-electron chi connectivity index (χ1n) is 5.95. The highest BCUT2D eigenvalue weighted by atomic mass is 32.2. The first kappa shape index (κ1) is 15.1. The minimum absolute atomic E-state index is 0.134. The number of aromatic amines is 1. The van der Waals surface area contributed by atoms with Gasteiger partial charge in [0.05, 0.1) is 6.20 Å². The zero-order valence-corrected chi connectivity index (χ0v) is 12.2. The van der Waals surface area contributed by atoms with Gasteiger partial charge >= 0.3 is 0 Å². The summed E-state index contributed by atoms with van der Waals surface area (Å²) in [5.74, 6) is 0.586. The number of H-pyrrole nitrogens is 1. The van der Waals surface area contributed by atoms with Crippen LogP contribution in [0.4, 0.5) is 0 Å². The number of imidazole rings is 1. The van der Waals surface area contributed by atoms with Crippen LogP contribution in [0.2, 0.25) is 0 Å². The number of rotatable bonds is 6. The molecule has 0 unspecified atom stereocenters. The van der Waals surface area contributed by atoms with Gasteiger partial charge in [0.2, 0.25) is 0 Å². The third-order valence-corrected chi connectivity index (χ3v) is 4.64. The number of sulfonamides is 1. The molecule has 104 valence electrons. The Hall–Kier alpha value is -0.920. The van der Waals surface area contributed by atoms with E-state index < -0.39 is 10.0 Å². The SMILES string of the molecule is CCN(CC(C)(C)CN)S(=O)(=O)c1cnc(C)[nH]1. The lowest BCUT2D eigenvalue weighted by atomic mass is 9.94. The predicted molar refractivity (Wildman–Crippen MR) is 70.6 cm³/mol. The van der Waals surface area contributed by atoms with Crippen molar-refractivity contribution >= 4 is 10.0 Å². The van der Waals surface area contributed by atoms with Crippen molar-refractivity contribution in [3.63, 3.8) is 0 Å². The van der Waals surface area contributed by atoms with Crippen molar-refractivity contribution in [2.24, 2.45) is 11.1 Å². The lowest BCUT2D eigenvalue weighted by Gasteiger charge is -2.29. The molecule has 0 aliphatic rings. The third kappa shape index (κ3) is 3.30. The van der Waals surface area contributed by atoms with Gasteiger partial charge in [0.15, 0.2) is 5.03 Å². The maximum atomic E-state index is 12.4. The Kier molecular flexibility index (Phi) is 4.52. The van der Waals surface area contributed by atoms with Crippen molar-refractivity contribution in [3.05, 3.63) is 12.0 Å². The standard InChI is InChI=1S/C11H22N4O2S/c1-5-15(8-11(3,4)7-12)18(16,17)10-6-13-9(2)14-10/h6H,5,7-8,12H2,1-4H3,(H,13,14). The van der Waals surface area contributed by atoms with Crippen LogP contribution in [-0.2, 0) is 10.0 Å². The average molecular weight is 274 g/mol. The zero-order chi connectivity index (χ0) is 14.0. The molecule has 0 radical (unpaired) electrons. The molecule has 3 N–H and O–H groups in total. The first-order chi connectivity index (χ1) is 8.23. The van der Waals surface area contributed by atoms with Crippen LogP contribution >= 0.6 is 0 Å². The lowest BCUT2D eigenvalue weighted by molar-refractivity contribution is 0.272. The molecule has 7 heteroatoms. The molecule has 0 fully saturated rings. The minimum atomic E-state index is -3.51. The highest BCUT2D eigenvalue weighted by Crippen LogP contribution is 2.20. The quantitative estimate of drug-likeness (QED) is 0.799. The van der Waals surface area contributed by atoms with E-state index in [0.717, 1.165) is 0 Å². The summed E-state index contributed by atoms with van der Waals surface area (Å²) < 4.78 is 26.2. The van der Waals surface area contributed by atoms with Crippen molar-refractivity contribution in [2.75, 3.05) is 19.6 Å². The molecule has 0 spiro atoms. The molecule has 18 heavy (non-hydrogen) atoms. The van der Waals surface area contributed by atoms with Crippen molar-refractivity contribution in [2.45, 2.75) is 32.7 Å². The summed E-state index contributed by atoms with van der Waals surface area (Å²) in [7, 11) is -3.51. The summed E-state index contributed by atoms with van der Waals surface area (Å²) >= 11 is 0. The number of nitrogens with zero attached hydrogens (tertiary/aromatic N) is 2. The average Bonchev–Trinajstić information content (AvgIpc) is 2.73. The molecule has 1 heterocycles. The van der Waals surface area contributed by atoms with Gasteiger partial charge in [-0.2, -0.15) is 4.31 Å². The lowest BCUT2D eigenvalue weighted by Crippen LogP contribution is -2.42. The molecule has 0 saturated heterocycles. The minimum Gasteiger partial charge on any atom is -0.332 e. The van der Waals surface area contributed by atoms with Gasteiger partial charge in [-0.15, -0.1) is 0 Å². The van der Waals surface area contributed by atoms with Crippen LogP contribution in [0.3, 0.4) is 0 Å². The number of aryl methyl sites for hydroxylation is 1. The van der Waals surface area contributed by atoms with Crippen LogP contribution in [0.5, 0.6) is 0 Å². The van der Waals surface area contributed by atoms with E-state index in [1.165, 1.54) is 10.5 Å². The Morgan fingerprint density at radius 1 is 1.50 bits per heavy atom. The predicted octanol–water partition coefficient (Wildman–Crippen LogP) is 0.714. The third-order valence-electron chi connectivity index (χ3n) is 2.81. The van der Waals surface area contributed by atoms with Crippen LogP contribution in [0.1, 0.15) is 26.6 Å². The van der Waals surface area contributed by atoms with Gasteiger partial charge in [0.25, 0.3) is 10.0 Å². The van der Waals surface area contributed by atoms with Crippen molar-refractivity contribution < 1.29 is 8.42 Å². The van der Waals surface area contributed by atoms with E-state index in [4.69, 9.17) is 5.73 Å². The van der Waals surface area contributed by atoms with E-state index in [2.05, 4.69) is 9.97 Å². The fraction of sp³-hybridized carbons (Fsp3) is 0.727. The van der Waals surface area contributed by atoms with E-state index >= 15 is 0 Å². The largest absolute Gasteiger partial charge is 0.332 e. The van der Waals surface area contributed by atoms with Crippen LogP contribution in [0, 0.1) is 12.3 Å². The van der Waals surface area contributed by atoms with Crippen molar-refractivity contribution in [1.82, 2.24) is 14.3 Å². The first-order valence-corrected chi connectivity index (χ1v) is 7.39. The summed E-state index contributed by atoms with van der Waals surface area (Å²) in [6.45, 7) is 8.66. The normalized spacial score (nSPS) is 13.2. The van der Waals surface area contributed by atoms with Crippen LogP contribution in [0.25, 0.3) is 0 Å². The van der Waals surface area contributed by atoms with Gasteiger partial charge in [-0.3, -0.25) is 0 Å². The van der Waals surface area contributed by atoms with Gasteiger partial charge in [-0.05, 0) is 18.9 Å². The number of nitrogens with two attached hydrogens (primary N) is 1. The Labute approximate surface area is 109 Å². The topological polar surface area (TPSA) is 92.1 Å². The monoisotopic (exact) mass is 274 g/mol. The number of hydrogen-bond acceptors (Lipinski definition) is 4. The molecule has 0 saturated carbocycles. The maximum absolute atomic E-state index is 12.4. The number of nitrogens with one attached hydrogen (secondary N) is 1. The molecule has 0 aliphatic carbocycles. The fourth-order valence-electron chi connectivity index (χ4n) is 1.58. The van der Waals surface area contributed by atoms with Gasteiger partial charge in [0.1, 0.15) is 5.82 Å². The van der Waals surface area contributed by atoms with Gasteiger partial charge in [-0.25, -0.2) is 13.4 Å². The van der Waals surface area contributed by atoms with E-state index in [0.29, 0.717) is 25.5 Å². The van der Waals surface area contributed by atoms with Gasteiger partial charge < -0.3 is 10.7 Å². The molecule has 6 nitrogen and oxygen atoms in total. The van der Waals surface area contributed by atoms with Crippen LogP contribution < -0.4 is 5.73 Å². The molecule has 0 bridgehead atoms. The molecule has 0 aliphatic heterocycles. The van der Waals surface area contributed by atoms with Crippen molar-refractivity contribution in [1.29, 1.82) is 0 Å². The van der Waals surface area contributed by atoms with Gasteiger partial charge in [0, 0.05) is 13.1 Å². The molecule has 1 aromatic rings. The zero-order valence-electron chi connectivity index (χ0n) is 11.4. The molecular formula is C11H22N4O2S. The molecular weight excluding hydrogens is 252 g/mol. The highest BCUT2D eigenvalue weighted by Gasteiger charge is 2.30. The molecule has 0 amide bonds. The molecule has 0 atom stereocenters. The molecule has 1 aromatic heterocycles. The van der Waals surface area contributed by atoms with E-state index in [1.54, 1.807) is 6.92 Å². The van der Waals surface area contributed by atoms with Crippen LogP contribution in [0.15, 0.2) is 11.2 Å². The maximum Gasteiger partial charge on any atom is 0.260 e. The smallest absolute Gasteiger partial charge is 0.260 e. The van der Waals surface area contributed by atoms with Crippen LogP contribution in [-0.4, -0.2) is 42.3 Å². The Morgan fingerprint density at radius 3 is 2.50 bits per heavy atom. The van der Waals surface area contributed by atoms with Gasteiger partial charge in [-0.1, -0.05) is 20.8 Å².